The van der Waals surface area contributed by atoms with Crippen molar-refractivity contribution >= 4 is 11.9 Å². The molecule has 4 rings (SSSR count). The van der Waals surface area contributed by atoms with E-state index >= 15 is 0 Å². The number of anilines is 1. The number of hydrogen-bond acceptors (Lipinski definition) is 9. The Morgan fingerprint density at radius 2 is 1.89 bits per heavy atom. The maximum Gasteiger partial charge on any atom is 0.412 e. The molecule has 0 saturated heterocycles. The zero-order chi connectivity index (χ0) is 27.2. The van der Waals surface area contributed by atoms with Crippen molar-refractivity contribution in [2.24, 2.45) is 0 Å². The van der Waals surface area contributed by atoms with Gasteiger partial charge in [0.25, 0.3) is 0 Å². The Kier molecular flexibility index (Phi) is 8.27. The van der Waals surface area contributed by atoms with Gasteiger partial charge in [-0.25, -0.2) is 19.4 Å². The quantitative estimate of drug-likeness (QED) is 0.301. The van der Waals surface area contributed by atoms with Gasteiger partial charge < -0.3 is 23.5 Å². The van der Waals surface area contributed by atoms with Crippen LogP contribution in [0.4, 0.5) is 10.6 Å². The van der Waals surface area contributed by atoms with Gasteiger partial charge in [0.15, 0.2) is 28.9 Å². The number of amides is 1. The first-order valence-electron chi connectivity index (χ1n) is 12.1. The van der Waals surface area contributed by atoms with Gasteiger partial charge in [0.1, 0.15) is 24.8 Å². The normalized spacial score (nSPS) is 11.0. The van der Waals surface area contributed by atoms with Crippen molar-refractivity contribution in [2.75, 3.05) is 39.7 Å². The molecule has 0 spiro atoms. The lowest BCUT2D eigenvalue weighted by molar-refractivity contribution is 0.136. The summed E-state index contributed by atoms with van der Waals surface area (Å²) in [5, 5.41) is 7.15. The second-order valence-electron chi connectivity index (χ2n) is 8.98. The summed E-state index contributed by atoms with van der Waals surface area (Å²) in [5.41, 5.74) is 2.73. The van der Waals surface area contributed by atoms with E-state index in [0.717, 1.165) is 22.7 Å². The first-order valence-corrected chi connectivity index (χ1v) is 12.1. The lowest BCUT2D eigenvalue weighted by Crippen LogP contribution is -2.19. The van der Waals surface area contributed by atoms with E-state index in [1.54, 1.807) is 23.9 Å². The van der Waals surface area contributed by atoms with Gasteiger partial charge >= 0.3 is 6.09 Å². The second-order valence-corrected chi connectivity index (χ2v) is 8.98. The Balaban J connectivity index is 1.43. The fourth-order valence-electron chi connectivity index (χ4n) is 3.93. The van der Waals surface area contributed by atoms with Crippen molar-refractivity contribution < 1.29 is 23.4 Å². The highest BCUT2D eigenvalue weighted by Crippen LogP contribution is 2.31. The van der Waals surface area contributed by atoms with Crippen LogP contribution in [-0.4, -0.2) is 65.2 Å². The number of furan rings is 1. The molecule has 11 nitrogen and oxygen atoms in total. The number of carbonyl (C=O) groups is 1. The summed E-state index contributed by atoms with van der Waals surface area (Å²) < 4.78 is 24.1. The molecule has 0 atom stereocenters. The van der Waals surface area contributed by atoms with Crippen molar-refractivity contribution in [2.45, 2.75) is 27.3 Å². The molecule has 3 heterocycles. The van der Waals surface area contributed by atoms with Gasteiger partial charge in [0.05, 0.1) is 12.8 Å². The molecule has 1 N–H and O–H groups in total. The van der Waals surface area contributed by atoms with Gasteiger partial charge in [-0.1, -0.05) is 12.1 Å². The topological polar surface area (TPSA) is 117 Å². The number of ether oxygens (including phenoxy) is 3. The molecule has 11 heteroatoms. The number of methoxy groups -OCH3 is 1. The molecule has 1 amide bonds. The summed E-state index contributed by atoms with van der Waals surface area (Å²) >= 11 is 0. The molecule has 0 unspecified atom stereocenters. The molecule has 0 bridgehead atoms. The minimum atomic E-state index is -0.679. The number of rotatable bonds is 10. The van der Waals surface area contributed by atoms with Gasteiger partial charge in [-0.2, -0.15) is 5.10 Å². The van der Waals surface area contributed by atoms with E-state index < -0.39 is 6.09 Å². The van der Waals surface area contributed by atoms with Crippen LogP contribution in [-0.2, 0) is 11.3 Å². The van der Waals surface area contributed by atoms with Crippen LogP contribution in [0.3, 0.4) is 0 Å². The van der Waals surface area contributed by atoms with E-state index in [9.17, 15) is 4.79 Å². The third-order valence-corrected chi connectivity index (χ3v) is 5.46. The fraction of sp³-hybridized carbons (Fsp3) is 0.333. The maximum absolute atomic E-state index is 12.6. The maximum atomic E-state index is 12.6. The summed E-state index contributed by atoms with van der Waals surface area (Å²) in [6.45, 7) is 6.53. The minimum Gasteiger partial charge on any atom is -0.493 e. The predicted octanol–water partition coefficient (Wildman–Crippen LogP) is 4.55. The molecule has 0 fully saturated rings. The molecule has 3 aromatic heterocycles. The highest BCUT2D eigenvalue weighted by Gasteiger charge is 2.16. The van der Waals surface area contributed by atoms with Gasteiger partial charge in [0, 0.05) is 23.9 Å². The molecule has 38 heavy (non-hydrogen) atoms. The van der Waals surface area contributed by atoms with Crippen molar-refractivity contribution in [3.8, 4) is 28.9 Å². The summed E-state index contributed by atoms with van der Waals surface area (Å²) in [6.07, 6.45) is -0.679. The number of aryl methyl sites for hydroxylation is 3. The minimum absolute atomic E-state index is 0.0204. The Hall–Kier alpha value is -4.38. The van der Waals surface area contributed by atoms with E-state index in [0.29, 0.717) is 35.4 Å². The van der Waals surface area contributed by atoms with Crippen LogP contribution >= 0.6 is 0 Å². The highest BCUT2D eigenvalue weighted by molar-refractivity contribution is 5.83. The number of benzene rings is 1. The standard InChI is InChI=1S/C27H32N6O5/c1-17-14-18(2)33(31-17)24-15-23(28-26(30-24)22-11-10-19(3)38-22)29-27(34)37-13-12-36-21-9-7-8-20(16-32(4)5)25(21)35-6/h7-11,14-15H,12-13,16H2,1-6H3,(H,28,29,30,34). The SMILES string of the molecule is COc1c(CN(C)C)cccc1OCCOC(=O)Nc1cc(-n2nc(C)cc2C)nc(-c2ccc(C)o2)n1. The van der Waals surface area contributed by atoms with Crippen molar-refractivity contribution in [1.82, 2.24) is 24.6 Å². The van der Waals surface area contributed by atoms with Crippen LogP contribution in [0.5, 0.6) is 11.5 Å². The van der Waals surface area contributed by atoms with Crippen molar-refractivity contribution in [1.29, 1.82) is 0 Å². The zero-order valence-corrected chi connectivity index (χ0v) is 22.4. The lowest BCUT2D eigenvalue weighted by Gasteiger charge is -2.17. The first kappa shape index (κ1) is 26.7. The molecule has 0 saturated carbocycles. The van der Waals surface area contributed by atoms with E-state index in [4.69, 9.17) is 18.6 Å². The summed E-state index contributed by atoms with van der Waals surface area (Å²) in [4.78, 5) is 23.6. The third-order valence-electron chi connectivity index (χ3n) is 5.46. The Morgan fingerprint density at radius 3 is 2.55 bits per heavy atom. The number of carbonyl (C=O) groups excluding carboxylic acids is 1. The number of aromatic nitrogens is 4. The van der Waals surface area contributed by atoms with Gasteiger partial charge in [-0.05, 0) is 59.1 Å². The summed E-state index contributed by atoms with van der Waals surface area (Å²) in [5.74, 6) is 3.47. The summed E-state index contributed by atoms with van der Waals surface area (Å²) in [6, 6.07) is 12.9. The lowest BCUT2D eigenvalue weighted by atomic mass is 10.2. The number of nitrogens with zero attached hydrogens (tertiary/aromatic N) is 5. The number of hydrogen-bond donors (Lipinski definition) is 1. The van der Waals surface area contributed by atoms with Crippen LogP contribution in [0.2, 0.25) is 0 Å². The third kappa shape index (κ3) is 6.48. The summed E-state index contributed by atoms with van der Waals surface area (Å²) in [7, 11) is 5.57. The molecule has 0 aliphatic carbocycles. The molecular formula is C27H32N6O5. The number of nitrogens with one attached hydrogen (secondary N) is 1. The second kappa shape index (κ2) is 11.8. The van der Waals surface area contributed by atoms with Crippen LogP contribution in [0.15, 0.2) is 46.9 Å². The molecule has 0 aliphatic heterocycles. The van der Waals surface area contributed by atoms with Crippen LogP contribution < -0.4 is 14.8 Å². The molecule has 200 valence electrons. The zero-order valence-electron chi connectivity index (χ0n) is 22.4. The van der Waals surface area contributed by atoms with E-state index in [1.165, 1.54) is 0 Å². The largest absolute Gasteiger partial charge is 0.493 e. The van der Waals surface area contributed by atoms with Crippen LogP contribution in [0.1, 0.15) is 22.7 Å². The Bertz CT molecular complexity index is 1410. The molecule has 0 aliphatic rings. The average Bonchev–Trinajstić information content (AvgIpc) is 3.45. The Morgan fingerprint density at radius 1 is 1.08 bits per heavy atom. The monoisotopic (exact) mass is 520 g/mol. The smallest absolute Gasteiger partial charge is 0.412 e. The average molecular weight is 521 g/mol. The van der Waals surface area contributed by atoms with Gasteiger partial charge in [-0.3, -0.25) is 5.32 Å². The van der Waals surface area contributed by atoms with E-state index in [2.05, 4.69) is 20.4 Å². The van der Waals surface area contributed by atoms with E-state index in [-0.39, 0.29) is 19.0 Å². The number of para-hydroxylation sites is 1. The van der Waals surface area contributed by atoms with Gasteiger partial charge in [0.2, 0.25) is 0 Å². The molecular weight excluding hydrogens is 488 g/mol. The predicted molar refractivity (Wildman–Crippen MR) is 142 cm³/mol. The van der Waals surface area contributed by atoms with Crippen molar-refractivity contribution in [3.63, 3.8) is 0 Å². The van der Waals surface area contributed by atoms with Crippen LogP contribution in [0.25, 0.3) is 17.4 Å². The molecule has 4 aromatic rings. The first-order chi connectivity index (χ1) is 18.2. The van der Waals surface area contributed by atoms with Gasteiger partial charge in [-0.15, -0.1) is 0 Å². The molecule has 1 aromatic carbocycles. The fourth-order valence-corrected chi connectivity index (χ4v) is 3.93. The highest BCUT2D eigenvalue weighted by atomic mass is 16.6. The molecule has 0 radical (unpaired) electrons. The van der Waals surface area contributed by atoms with Crippen molar-refractivity contribution in [3.05, 3.63) is 65.2 Å². The van der Waals surface area contributed by atoms with Crippen LogP contribution in [0, 0.1) is 20.8 Å². The van der Waals surface area contributed by atoms with E-state index in [1.807, 2.05) is 70.1 Å². The Labute approximate surface area is 221 Å².